The molecule has 0 aliphatic rings. The van der Waals surface area contributed by atoms with E-state index in [1.165, 1.54) is 0 Å². The number of rotatable bonds is 4. The number of nitrogens with zero attached hydrogens (tertiary/aromatic N) is 3. The Bertz CT molecular complexity index is 487. The van der Waals surface area contributed by atoms with Crippen LogP contribution in [0.15, 0.2) is 24.7 Å². The summed E-state index contributed by atoms with van der Waals surface area (Å²) in [6, 6.07) is 1.90. The zero-order chi connectivity index (χ0) is 12.3. The molecule has 2 aromatic rings. The molecular formula is C12H16N4O. The van der Waals surface area contributed by atoms with Gasteiger partial charge in [-0.05, 0) is 13.3 Å². The minimum Gasteiger partial charge on any atom is -0.492 e. The maximum atomic E-state index is 5.71. The van der Waals surface area contributed by atoms with Gasteiger partial charge in [-0.25, -0.2) is 4.68 Å². The van der Waals surface area contributed by atoms with E-state index in [-0.39, 0.29) is 0 Å². The van der Waals surface area contributed by atoms with Crippen LogP contribution in [0.25, 0.3) is 5.69 Å². The van der Waals surface area contributed by atoms with E-state index in [1.54, 1.807) is 17.1 Å². The molecule has 0 aromatic carbocycles. The maximum Gasteiger partial charge on any atom is 0.148 e. The van der Waals surface area contributed by atoms with Gasteiger partial charge in [0.05, 0.1) is 24.7 Å². The van der Waals surface area contributed by atoms with Crippen molar-refractivity contribution in [2.24, 2.45) is 0 Å². The lowest BCUT2D eigenvalue weighted by Crippen LogP contribution is -2.00. The Labute approximate surface area is 100 Å². The Morgan fingerprint density at radius 2 is 2.24 bits per heavy atom. The summed E-state index contributed by atoms with van der Waals surface area (Å²) >= 11 is 0. The van der Waals surface area contributed by atoms with Gasteiger partial charge in [-0.3, -0.25) is 4.98 Å². The first kappa shape index (κ1) is 11.4. The minimum absolute atomic E-state index is 0.532. The number of hydrogen-bond donors (Lipinski definition) is 1. The van der Waals surface area contributed by atoms with Crippen molar-refractivity contribution in [3.8, 4) is 11.4 Å². The van der Waals surface area contributed by atoms with E-state index in [0.717, 1.165) is 23.4 Å². The maximum absolute atomic E-state index is 5.71. The molecule has 2 aromatic heterocycles. The number of ether oxygens (including phenoxy) is 1. The highest BCUT2D eigenvalue weighted by molar-refractivity contribution is 5.41. The van der Waals surface area contributed by atoms with Crippen molar-refractivity contribution in [3.63, 3.8) is 0 Å². The van der Waals surface area contributed by atoms with E-state index < -0.39 is 0 Å². The first-order chi connectivity index (χ1) is 8.20. The zero-order valence-corrected chi connectivity index (χ0v) is 10.1. The van der Waals surface area contributed by atoms with Gasteiger partial charge in [0, 0.05) is 17.8 Å². The second-order valence-corrected chi connectivity index (χ2v) is 3.87. The highest BCUT2D eigenvalue weighted by Crippen LogP contribution is 2.17. The molecule has 5 heteroatoms. The molecule has 17 heavy (non-hydrogen) atoms. The second kappa shape index (κ2) is 4.86. The van der Waals surface area contributed by atoms with Gasteiger partial charge in [0.25, 0.3) is 0 Å². The summed E-state index contributed by atoms with van der Waals surface area (Å²) in [6.45, 7) is 4.67. The molecular weight excluding hydrogens is 216 g/mol. The molecule has 0 atom stereocenters. The summed E-state index contributed by atoms with van der Waals surface area (Å²) in [5.41, 5.74) is 7.51. The molecule has 0 saturated heterocycles. The van der Waals surface area contributed by atoms with Crippen molar-refractivity contribution < 1.29 is 4.74 Å². The van der Waals surface area contributed by atoms with Crippen molar-refractivity contribution in [2.45, 2.75) is 20.3 Å². The van der Waals surface area contributed by atoms with E-state index in [0.29, 0.717) is 12.4 Å². The molecule has 90 valence electrons. The molecule has 0 aliphatic carbocycles. The Morgan fingerprint density at radius 1 is 1.41 bits per heavy atom. The van der Waals surface area contributed by atoms with Crippen molar-refractivity contribution in [3.05, 3.63) is 30.2 Å². The summed E-state index contributed by atoms with van der Waals surface area (Å²) in [6.07, 6.45) is 6.26. The van der Waals surface area contributed by atoms with Crippen LogP contribution in [-0.2, 0) is 0 Å². The van der Waals surface area contributed by atoms with Crippen LogP contribution in [0.4, 0.5) is 5.82 Å². The van der Waals surface area contributed by atoms with Crippen LogP contribution in [0.3, 0.4) is 0 Å². The quantitative estimate of drug-likeness (QED) is 0.874. The number of pyridine rings is 1. The fourth-order valence-electron chi connectivity index (χ4n) is 1.44. The van der Waals surface area contributed by atoms with Gasteiger partial charge in [0.2, 0.25) is 0 Å². The van der Waals surface area contributed by atoms with Crippen molar-refractivity contribution in [1.29, 1.82) is 0 Å². The Balaban J connectivity index is 2.26. The lowest BCUT2D eigenvalue weighted by atomic mass is 10.4. The van der Waals surface area contributed by atoms with E-state index in [4.69, 9.17) is 10.5 Å². The molecule has 0 fully saturated rings. The summed E-state index contributed by atoms with van der Waals surface area (Å²) in [5, 5.41) is 4.20. The van der Waals surface area contributed by atoms with Crippen LogP contribution in [0.1, 0.15) is 18.9 Å². The number of aromatic nitrogens is 3. The van der Waals surface area contributed by atoms with Crippen molar-refractivity contribution in [1.82, 2.24) is 14.8 Å². The smallest absolute Gasteiger partial charge is 0.148 e. The van der Waals surface area contributed by atoms with E-state index >= 15 is 0 Å². The molecule has 0 saturated carbocycles. The second-order valence-electron chi connectivity index (χ2n) is 3.87. The average Bonchev–Trinajstić information content (AvgIpc) is 2.68. The average molecular weight is 232 g/mol. The number of hydrogen-bond acceptors (Lipinski definition) is 4. The van der Waals surface area contributed by atoms with Gasteiger partial charge in [0.15, 0.2) is 0 Å². The van der Waals surface area contributed by atoms with Crippen LogP contribution < -0.4 is 10.5 Å². The molecule has 0 spiro atoms. The summed E-state index contributed by atoms with van der Waals surface area (Å²) in [7, 11) is 0. The molecule has 0 radical (unpaired) electrons. The number of nitrogens with two attached hydrogens (primary N) is 1. The third kappa shape index (κ3) is 2.55. The molecule has 0 aliphatic heterocycles. The molecule has 5 nitrogen and oxygen atoms in total. The fraction of sp³-hybridized carbons (Fsp3) is 0.333. The third-order valence-electron chi connectivity index (χ3n) is 2.37. The molecule has 2 N–H and O–H groups in total. The van der Waals surface area contributed by atoms with Gasteiger partial charge in [-0.1, -0.05) is 6.92 Å². The minimum atomic E-state index is 0.532. The molecule has 2 heterocycles. The van der Waals surface area contributed by atoms with Crippen LogP contribution in [0.5, 0.6) is 5.75 Å². The summed E-state index contributed by atoms with van der Waals surface area (Å²) in [5.74, 6) is 1.28. The lowest BCUT2D eigenvalue weighted by molar-refractivity contribution is 0.316. The third-order valence-corrected chi connectivity index (χ3v) is 2.37. The topological polar surface area (TPSA) is 66.0 Å². The first-order valence-electron chi connectivity index (χ1n) is 5.60. The standard InChI is InChI=1S/C12H16N4O/c1-3-4-17-11-5-10(6-14-7-11)16-8-9(2)12(13)15-16/h5-8H,3-4H2,1-2H3,(H2,13,15). The zero-order valence-electron chi connectivity index (χ0n) is 10.1. The highest BCUT2D eigenvalue weighted by atomic mass is 16.5. The van der Waals surface area contributed by atoms with Gasteiger partial charge in [0.1, 0.15) is 11.6 Å². The summed E-state index contributed by atoms with van der Waals surface area (Å²) < 4.78 is 7.22. The molecule has 0 unspecified atom stereocenters. The number of aryl methyl sites for hydroxylation is 1. The van der Waals surface area contributed by atoms with Crippen molar-refractivity contribution >= 4 is 5.82 Å². The SMILES string of the molecule is CCCOc1cncc(-n2cc(C)c(N)n2)c1. The van der Waals surface area contributed by atoms with E-state index in [2.05, 4.69) is 17.0 Å². The Morgan fingerprint density at radius 3 is 2.88 bits per heavy atom. The van der Waals surface area contributed by atoms with Crippen LogP contribution in [-0.4, -0.2) is 21.4 Å². The normalized spacial score (nSPS) is 10.5. The lowest BCUT2D eigenvalue weighted by Gasteiger charge is -2.06. The van der Waals surface area contributed by atoms with Crippen LogP contribution in [0.2, 0.25) is 0 Å². The number of nitrogen functional groups attached to an aromatic ring is 1. The fourth-order valence-corrected chi connectivity index (χ4v) is 1.44. The van der Waals surface area contributed by atoms with E-state index in [1.807, 2.05) is 19.2 Å². The largest absolute Gasteiger partial charge is 0.492 e. The predicted molar refractivity (Wildman–Crippen MR) is 66.3 cm³/mol. The van der Waals surface area contributed by atoms with Gasteiger partial charge >= 0.3 is 0 Å². The molecule has 0 amide bonds. The Hall–Kier alpha value is -2.04. The van der Waals surface area contributed by atoms with Crippen molar-refractivity contribution in [2.75, 3.05) is 12.3 Å². The van der Waals surface area contributed by atoms with Gasteiger partial charge in [-0.2, -0.15) is 5.10 Å². The van der Waals surface area contributed by atoms with Gasteiger partial charge < -0.3 is 10.5 Å². The Kier molecular flexibility index (Phi) is 3.27. The monoisotopic (exact) mass is 232 g/mol. The predicted octanol–water partition coefficient (Wildman–Crippen LogP) is 1.95. The number of anilines is 1. The first-order valence-corrected chi connectivity index (χ1v) is 5.60. The van der Waals surface area contributed by atoms with Crippen LogP contribution in [0, 0.1) is 6.92 Å². The van der Waals surface area contributed by atoms with E-state index in [9.17, 15) is 0 Å². The highest BCUT2D eigenvalue weighted by Gasteiger charge is 2.04. The van der Waals surface area contributed by atoms with Gasteiger partial charge in [-0.15, -0.1) is 0 Å². The summed E-state index contributed by atoms with van der Waals surface area (Å²) in [4.78, 5) is 4.13. The molecule has 0 bridgehead atoms. The molecule has 2 rings (SSSR count). The van der Waals surface area contributed by atoms with Crippen LogP contribution >= 0.6 is 0 Å².